The van der Waals surface area contributed by atoms with Crippen LogP contribution in [0.1, 0.15) is 6.92 Å². The van der Waals surface area contributed by atoms with E-state index in [0.29, 0.717) is 6.54 Å². The molecule has 0 spiro atoms. The summed E-state index contributed by atoms with van der Waals surface area (Å²) in [6, 6.07) is 0. The van der Waals surface area contributed by atoms with Crippen LogP contribution in [0.25, 0.3) is 0 Å². The standard InChI is InChI=1S/C5H7FN2/c1-4-2-7-5(6)8-3-4/h2H,3H2,1H3,(H,7,8). The zero-order valence-corrected chi connectivity index (χ0v) is 4.61. The third-order valence-corrected chi connectivity index (χ3v) is 0.905. The summed E-state index contributed by atoms with van der Waals surface area (Å²) < 4.78 is 12.0. The first kappa shape index (κ1) is 5.28. The van der Waals surface area contributed by atoms with Gasteiger partial charge in [-0.15, -0.1) is 0 Å². The van der Waals surface area contributed by atoms with Crippen LogP contribution in [-0.4, -0.2) is 12.6 Å². The van der Waals surface area contributed by atoms with Gasteiger partial charge in [0.2, 0.25) is 0 Å². The van der Waals surface area contributed by atoms with Gasteiger partial charge in [-0.1, -0.05) is 0 Å². The normalized spacial score (nSPS) is 18.8. The van der Waals surface area contributed by atoms with E-state index in [0.717, 1.165) is 5.57 Å². The minimum Gasteiger partial charge on any atom is -0.323 e. The number of rotatable bonds is 0. The first-order valence-corrected chi connectivity index (χ1v) is 2.41. The molecule has 0 saturated heterocycles. The number of hydrogen-bond acceptors (Lipinski definition) is 2. The molecule has 1 aliphatic rings. The second-order valence-electron chi connectivity index (χ2n) is 1.74. The molecule has 0 amide bonds. The van der Waals surface area contributed by atoms with Gasteiger partial charge in [0.25, 0.3) is 6.09 Å². The molecule has 0 saturated carbocycles. The van der Waals surface area contributed by atoms with E-state index in [4.69, 9.17) is 0 Å². The van der Waals surface area contributed by atoms with Crippen molar-refractivity contribution in [3.05, 3.63) is 11.8 Å². The molecule has 0 aromatic carbocycles. The molecule has 0 aliphatic carbocycles. The van der Waals surface area contributed by atoms with Gasteiger partial charge in [-0.2, -0.15) is 4.39 Å². The summed E-state index contributed by atoms with van der Waals surface area (Å²) >= 11 is 0. The van der Waals surface area contributed by atoms with Crippen molar-refractivity contribution < 1.29 is 4.39 Å². The summed E-state index contributed by atoms with van der Waals surface area (Å²) in [4.78, 5) is 3.48. The Bertz CT molecular complexity index is 131. The van der Waals surface area contributed by atoms with E-state index in [-0.39, 0.29) is 0 Å². The minimum absolute atomic E-state index is 0.485. The van der Waals surface area contributed by atoms with Gasteiger partial charge < -0.3 is 5.32 Å². The highest BCUT2D eigenvalue weighted by Crippen LogP contribution is 1.96. The van der Waals surface area contributed by atoms with Gasteiger partial charge in [-0.3, -0.25) is 0 Å². The number of nitrogens with one attached hydrogen (secondary N) is 1. The molecule has 0 radical (unpaired) electrons. The van der Waals surface area contributed by atoms with Crippen molar-refractivity contribution in [2.45, 2.75) is 6.92 Å². The number of halogens is 1. The molecular weight excluding hydrogens is 107 g/mol. The molecule has 1 heterocycles. The van der Waals surface area contributed by atoms with Crippen LogP contribution in [-0.2, 0) is 0 Å². The fraction of sp³-hybridized carbons (Fsp3) is 0.400. The molecule has 0 bridgehead atoms. The molecular formula is C5H7FN2. The lowest BCUT2D eigenvalue weighted by Crippen LogP contribution is -2.17. The Morgan fingerprint density at radius 3 is 3.00 bits per heavy atom. The van der Waals surface area contributed by atoms with Gasteiger partial charge in [0, 0.05) is 6.20 Å². The summed E-state index contributed by atoms with van der Waals surface area (Å²) in [5.74, 6) is 0. The van der Waals surface area contributed by atoms with Crippen LogP contribution >= 0.6 is 0 Å². The SMILES string of the molecule is CC1=CNC(F)=NC1. The molecule has 2 nitrogen and oxygen atoms in total. The van der Waals surface area contributed by atoms with Crippen molar-refractivity contribution in [1.29, 1.82) is 0 Å². The lowest BCUT2D eigenvalue weighted by molar-refractivity contribution is 0.738. The van der Waals surface area contributed by atoms with Crippen molar-refractivity contribution in [1.82, 2.24) is 5.32 Å². The predicted octanol–water partition coefficient (Wildman–Crippen LogP) is 0.819. The van der Waals surface area contributed by atoms with Gasteiger partial charge in [0.05, 0.1) is 6.54 Å². The van der Waals surface area contributed by atoms with Gasteiger partial charge >= 0.3 is 0 Å². The Morgan fingerprint density at radius 1 is 1.88 bits per heavy atom. The first-order chi connectivity index (χ1) is 3.79. The maximum absolute atomic E-state index is 12.0. The molecule has 0 aromatic heterocycles. The number of nitrogens with zero attached hydrogens (tertiary/aromatic N) is 1. The molecule has 0 aromatic rings. The molecule has 8 heavy (non-hydrogen) atoms. The Labute approximate surface area is 47.1 Å². The fourth-order valence-corrected chi connectivity index (χ4v) is 0.468. The molecule has 1 rings (SSSR count). The Balaban J connectivity index is 2.54. The van der Waals surface area contributed by atoms with E-state index in [2.05, 4.69) is 10.3 Å². The molecule has 1 N–H and O–H groups in total. The summed E-state index contributed by atoms with van der Waals surface area (Å²) in [7, 11) is 0. The van der Waals surface area contributed by atoms with Gasteiger partial charge in [-0.25, -0.2) is 4.99 Å². The lowest BCUT2D eigenvalue weighted by atomic mass is 10.3. The Hall–Kier alpha value is -0.860. The van der Waals surface area contributed by atoms with Crippen LogP contribution in [0.4, 0.5) is 4.39 Å². The molecule has 0 fully saturated rings. The van der Waals surface area contributed by atoms with Crippen molar-refractivity contribution in [2.24, 2.45) is 4.99 Å². The van der Waals surface area contributed by atoms with E-state index in [9.17, 15) is 4.39 Å². The maximum atomic E-state index is 12.0. The number of amidine groups is 1. The third-order valence-electron chi connectivity index (χ3n) is 0.905. The highest BCUT2D eigenvalue weighted by atomic mass is 19.1. The first-order valence-electron chi connectivity index (χ1n) is 2.41. The maximum Gasteiger partial charge on any atom is 0.282 e. The quantitative estimate of drug-likeness (QED) is 0.463. The van der Waals surface area contributed by atoms with E-state index < -0.39 is 6.09 Å². The van der Waals surface area contributed by atoms with Gasteiger partial charge in [0.1, 0.15) is 0 Å². The molecule has 0 atom stereocenters. The highest BCUT2D eigenvalue weighted by molar-refractivity contribution is 5.74. The summed E-state index contributed by atoms with van der Waals surface area (Å²) in [6.45, 7) is 2.38. The largest absolute Gasteiger partial charge is 0.323 e. The second kappa shape index (κ2) is 1.94. The molecule has 1 aliphatic heterocycles. The van der Waals surface area contributed by atoms with Gasteiger partial charge in [0.15, 0.2) is 0 Å². The summed E-state index contributed by atoms with van der Waals surface area (Å²) in [5.41, 5.74) is 1.05. The highest BCUT2D eigenvalue weighted by Gasteiger charge is 1.97. The van der Waals surface area contributed by atoms with Gasteiger partial charge in [-0.05, 0) is 12.5 Å². The van der Waals surface area contributed by atoms with Crippen LogP contribution in [0.3, 0.4) is 0 Å². The van der Waals surface area contributed by atoms with E-state index in [1.54, 1.807) is 6.20 Å². The fourth-order valence-electron chi connectivity index (χ4n) is 0.468. The minimum atomic E-state index is -0.490. The third kappa shape index (κ3) is 1.05. The Kier molecular flexibility index (Phi) is 1.28. The topological polar surface area (TPSA) is 24.4 Å². The zero-order valence-electron chi connectivity index (χ0n) is 4.61. The van der Waals surface area contributed by atoms with Crippen molar-refractivity contribution in [3.63, 3.8) is 0 Å². The Morgan fingerprint density at radius 2 is 2.62 bits per heavy atom. The smallest absolute Gasteiger partial charge is 0.282 e. The summed E-state index contributed by atoms with van der Waals surface area (Å²) in [5, 5.41) is 2.35. The molecule has 3 heteroatoms. The van der Waals surface area contributed by atoms with E-state index in [1.165, 1.54) is 0 Å². The average Bonchev–Trinajstić information content (AvgIpc) is 1.77. The molecule has 0 unspecified atom stereocenters. The van der Waals surface area contributed by atoms with Crippen LogP contribution in [0.2, 0.25) is 0 Å². The van der Waals surface area contributed by atoms with E-state index >= 15 is 0 Å². The second-order valence-corrected chi connectivity index (χ2v) is 1.74. The van der Waals surface area contributed by atoms with Crippen molar-refractivity contribution >= 4 is 6.09 Å². The molecule has 44 valence electrons. The predicted molar refractivity (Wildman–Crippen MR) is 30.3 cm³/mol. The van der Waals surface area contributed by atoms with E-state index in [1.807, 2.05) is 6.92 Å². The monoisotopic (exact) mass is 114 g/mol. The summed E-state index contributed by atoms with van der Waals surface area (Å²) in [6.07, 6.45) is 1.12. The van der Waals surface area contributed by atoms with Crippen LogP contribution in [0, 0.1) is 0 Å². The number of hydrogen-bond donors (Lipinski definition) is 1. The average molecular weight is 114 g/mol. The van der Waals surface area contributed by atoms with Crippen LogP contribution < -0.4 is 5.32 Å². The van der Waals surface area contributed by atoms with Crippen LogP contribution in [0.5, 0.6) is 0 Å². The van der Waals surface area contributed by atoms with Crippen molar-refractivity contribution in [2.75, 3.05) is 6.54 Å². The van der Waals surface area contributed by atoms with Crippen LogP contribution in [0.15, 0.2) is 16.8 Å². The zero-order chi connectivity index (χ0) is 5.98. The number of aliphatic imine (C=N–C) groups is 1. The van der Waals surface area contributed by atoms with Crippen molar-refractivity contribution in [3.8, 4) is 0 Å². The lowest BCUT2D eigenvalue weighted by Gasteiger charge is -2.03.